The molecule has 0 saturated heterocycles. The van der Waals surface area contributed by atoms with Crippen molar-refractivity contribution in [3.8, 4) is 0 Å². The van der Waals surface area contributed by atoms with Gasteiger partial charge in [-0.1, -0.05) is 0 Å². The molecule has 1 unspecified atom stereocenters. The molecule has 1 amide bonds. The first-order valence-corrected chi connectivity index (χ1v) is 7.20. The Morgan fingerprint density at radius 1 is 1.38 bits per heavy atom. The van der Waals surface area contributed by atoms with Gasteiger partial charge in [0.15, 0.2) is 9.84 Å². The second-order valence-electron chi connectivity index (χ2n) is 4.31. The van der Waals surface area contributed by atoms with E-state index >= 15 is 0 Å². The third kappa shape index (κ3) is 3.61. The fraction of sp³-hybridized carbons (Fsp3) is 0.700. The molecule has 1 aliphatic carbocycles. The highest BCUT2D eigenvalue weighted by atomic mass is 32.2. The second kappa shape index (κ2) is 4.55. The fourth-order valence-corrected chi connectivity index (χ4v) is 2.86. The standard InChI is InChI=1S/C10H16N2O3S/c13-10(3-5-11-8-1-2-8)12-9-4-6-16(14,15)7-9/h4,6,8-9,11H,1-3,5,7H2,(H,12,13). The molecular formula is C10H16N2O3S. The summed E-state index contributed by atoms with van der Waals surface area (Å²) >= 11 is 0. The average Bonchev–Trinajstić information content (AvgIpc) is 2.92. The second-order valence-corrected chi connectivity index (χ2v) is 6.24. The van der Waals surface area contributed by atoms with Crippen molar-refractivity contribution in [2.24, 2.45) is 0 Å². The van der Waals surface area contributed by atoms with Crippen LogP contribution < -0.4 is 10.6 Å². The van der Waals surface area contributed by atoms with Crippen molar-refractivity contribution >= 4 is 15.7 Å². The Labute approximate surface area is 95.2 Å². The molecule has 0 radical (unpaired) electrons. The van der Waals surface area contributed by atoms with Crippen LogP contribution in [0.25, 0.3) is 0 Å². The highest BCUT2D eigenvalue weighted by Crippen LogP contribution is 2.18. The van der Waals surface area contributed by atoms with E-state index in [4.69, 9.17) is 0 Å². The Morgan fingerprint density at radius 2 is 2.12 bits per heavy atom. The van der Waals surface area contributed by atoms with Crippen molar-refractivity contribution in [1.82, 2.24) is 10.6 Å². The summed E-state index contributed by atoms with van der Waals surface area (Å²) < 4.78 is 22.2. The lowest BCUT2D eigenvalue weighted by molar-refractivity contribution is -0.121. The van der Waals surface area contributed by atoms with Gasteiger partial charge in [-0.25, -0.2) is 8.42 Å². The van der Waals surface area contributed by atoms with Crippen molar-refractivity contribution in [3.63, 3.8) is 0 Å². The van der Waals surface area contributed by atoms with Gasteiger partial charge in [0.2, 0.25) is 5.91 Å². The zero-order valence-corrected chi connectivity index (χ0v) is 9.79. The van der Waals surface area contributed by atoms with Crippen molar-refractivity contribution in [1.29, 1.82) is 0 Å². The number of amides is 1. The molecule has 16 heavy (non-hydrogen) atoms. The summed E-state index contributed by atoms with van der Waals surface area (Å²) in [7, 11) is -3.08. The fourth-order valence-electron chi connectivity index (χ4n) is 1.62. The molecule has 1 saturated carbocycles. The van der Waals surface area contributed by atoms with Gasteiger partial charge in [-0.3, -0.25) is 4.79 Å². The van der Waals surface area contributed by atoms with Gasteiger partial charge < -0.3 is 10.6 Å². The average molecular weight is 244 g/mol. The number of nitrogens with one attached hydrogen (secondary N) is 2. The van der Waals surface area contributed by atoms with Gasteiger partial charge in [0, 0.05) is 24.4 Å². The molecule has 0 bridgehead atoms. The minimum Gasteiger partial charge on any atom is -0.349 e. The molecule has 0 aromatic carbocycles. The van der Waals surface area contributed by atoms with E-state index in [2.05, 4.69) is 10.6 Å². The monoisotopic (exact) mass is 244 g/mol. The molecule has 0 spiro atoms. The maximum Gasteiger partial charge on any atom is 0.221 e. The number of carbonyl (C=O) groups excluding carboxylic acids is 1. The Hall–Kier alpha value is -0.880. The predicted octanol–water partition coefficient (Wildman–Crippen LogP) is -0.445. The summed E-state index contributed by atoms with van der Waals surface area (Å²) in [5.41, 5.74) is 0. The van der Waals surface area contributed by atoms with E-state index in [9.17, 15) is 13.2 Å². The predicted molar refractivity (Wildman–Crippen MR) is 60.5 cm³/mol. The highest BCUT2D eigenvalue weighted by Gasteiger charge is 2.23. The Balaban J connectivity index is 1.65. The number of hydrogen-bond donors (Lipinski definition) is 2. The normalized spacial score (nSPS) is 26.9. The number of hydrogen-bond acceptors (Lipinski definition) is 4. The van der Waals surface area contributed by atoms with Gasteiger partial charge in [0.05, 0.1) is 11.8 Å². The molecule has 1 fully saturated rings. The molecule has 1 heterocycles. The van der Waals surface area contributed by atoms with Gasteiger partial charge in [0.25, 0.3) is 0 Å². The molecule has 1 atom stereocenters. The van der Waals surface area contributed by atoms with Crippen LogP contribution in [-0.4, -0.2) is 38.7 Å². The van der Waals surface area contributed by atoms with Crippen LogP contribution in [0.4, 0.5) is 0 Å². The van der Waals surface area contributed by atoms with E-state index in [0.29, 0.717) is 19.0 Å². The molecule has 0 aromatic rings. The minimum absolute atomic E-state index is 0.00517. The Bertz CT molecular complexity index is 398. The topological polar surface area (TPSA) is 75.3 Å². The van der Waals surface area contributed by atoms with Crippen molar-refractivity contribution in [2.45, 2.75) is 31.3 Å². The van der Waals surface area contributed by atoms with Gasteiger partial charge in [0.1, 0.15) is 0 Å². The molecule has 1 aliphatic heterocycles. The summed E-state index contributed by atoms with van der Waals surface area (Å²) in [5, 5.41) is 7.08. The zero-order chi connectivity index (χ0) is 11.6. The quantitative estimate of drug-likeness (QED) is 0.687. The van der Waals surface area contributed by atoms with Crippen molar-refractivity contribution < 1.29 is 13.2 Å². The summed E-state index contributed by atoms with van der Waals surface area (Å²) in [6, 6.07) is 0.248. The van der Waals surface area contributed by atoms with E-state index in [-0.39, 0.29) is 17.7 Å². The van der Waals surface area contributed by atoms with Crippen LogP contribution in [-0.2, 0) is 14.6 Å². The summed E-state index contributed by atoms with van der Waals surface area (Å²) in [6.45, 7) is 0.666. The molecule has 2 aliphatic rings. The lowest BCUT2D eigenvalue weighted by Gasteiger charge is -2.09. The van der Waals surface area contributed by atoms with Gasteiger partial charge >= 0.3 is 0 Å². The molecule has 2 N–H and O–H groups in total. The van der Waals surface area contributed by atoms with Crippen LogP contribution in [0.2, 0.25) is 0 Å². The Kier molecular flexibility index (Phi) is 3.30. The lowest BCUT2D eigenvalue weighted by atomic mass is 10.3. The maximum absolute atomic E-state index is 11.4. The van der Waals surface area contributed by atoms with E-state index in [1.165, 1.54) is 24.3 Å². The summed E-state index contributed by atoms with van der Waals surface area (Å²) in [4.78, 5) is 11.4. The van der Waals surface area contributed by atoms with Gasteiger partial charge in [-0.2, -0.15) is 0 Å². The maximum atomic E-state index is 11.4. The van der Waals surface area contributed by atoms with Crippen molar-refractivity contribution in [3.05, 3.63) is 11.5 Å². The van der Waals surface area contributed by atoms with Crippen LogP contribution >= 0.6 is 0 Å². The largest absolute Gasteiger partial charge is 0.349 e. The van der Waals surface area contributed by atoms with Crippen LogP contribution in [0.5, 0.6) is 0 Å². The van der Waals surface area contributed by atoms with E-state index in [1.807, 2.05) is 0 Å². The molecular weight excluding hydrogens is 228 g/mol. The smallest absolute Gasteiger partial charge is 0.221 e. The molecule has 0 aromatic heterocycles. The van der Waals surface area contributed by atoms with Crippen LogP contribution in [0.3, 0.4) is 0 Å². The highest BCUT2D eigenvalue weighted by molar-refractivity contribution is 7.94. The zero-order valence-electron chi connectivity index (χ0n) is 8.98. The first-order chi connectivity index (χ1) is 7.55. The lowest BCUT2D eigenvalue weighted by Crippen LogP contribution is -2.37. The van der Waals surface area contributed by atoms with Crippen LogP contribution in [0.15, 0.2) is 11.5 Å². The minimum atomic E-state index is -3.08. The van der Waals surface area contributed by atoms with E-state index in [1.54, 1.807) is 0 Å². The first kappa shape index (κ1) is 11.6. The number of carbonyl (C=O) groups is 1. The number of rotatable bonds is 5. The number of sulfone groups is 1. The first-order valence-electron chi connectivity index (χ1n) is 5.49. The molecule has 2 rings (SSSR count). The SMILES string of the molecule is O=C(CCNC1CC1)NC1C=CS(=O)(=O)C1. The van der Waals surface area contributed by atoms with Crippen LogP contribution in [0.1, 0.15) is 19.3 Å². The third-order valence-electron chi connectivity index (χ3n) is 2.64. The third-order valence-corrected chi connectivity index (χ3v) is 4.03. The molecule has 90 valence electrons. The summed E-state index contributed by atoms with van der Waals surface area (Å²) in [6.07, 6.45) is 4.33. The molecule has 6 heteroatoms. The van der Waals surface area contributed by atoms with E-state index in [0.717, 1.165) is 0 Å². The summed E-state index contributed by atoms with van der Waals surface area (Å²) in [5.74, 6) is -0.102. The van der Waals surface area contributed by atoms with Gasteiger partial charge in [-0.15, -0.1) is 0 Å². The van der Waals surface area contributed by atoms with Crippen LogP contribution in [0, 0.1) is 0 Å². The molecule has 5 nitrogen and oxygen atoms in total. The van der Waals surface area contributed by atoms with Gasteiger partial charge in [-0.05, 0) is 18.9 Å². The van der Waals surface area contributed by atoms with Crippen molar-refractivity contribution in [2.75, 3.05) is 12.3 Å². The van der Waals surface area contributed by atoms with E-state index < -0.39 is 9.84 Å². The Morgan fingerprint density at radius 3 is 2.69 bits per heavy atom.